The first-order chi connectivity index (χ1) is 7.31. The van der Waals surface area contributed by atoms with Gasteiger partial charge in [-0.25, -0.2) is 0 Å². The van der Waals surface area contributed by atoms with Gasteiger partial charge in [0.2, 0.25) is 0 Å². The number of aryl methyl sites for hydroxylation is 1. The van der Waals surface area contributed by atoms with E-state index in [0.717, 1.165) is 13.1 Å². The van der Waals surface area contributed by atoms with Gasteiger partial charge in [0.05, 0.1) is 6.10 Å². The van der Waals surface area contributed by atoms with Crippen molar-refractivity contribution in [3.8, 4) is 0 Å². The first-order valence-electron chi connectivity index (χ1n) is 5.61. The Morgan fingerprint density at radius 2 is 2.19 bits per heavy atom. The lowest BCUT2D eigenvalue weighted by Gasteiger charge is -2.31. The van der Waals surface area contributed by atoms with Gasteiger partial charge < -0.3 is 10.1 Å². The standard InChI is InChI=1S/C13H19NO.ClH/c1-10-4-3-5-11(8-10)12-6-7-14-9-13(12)15-2;/h3-5,8,12-14H,6-7,9H2,1-2H3;1H/t12-,13+;/m1./s1. The minimum absolute atomic E-state index is 0. The van der Waals surface area contributed by atoms with Crippen LogP contribution in [0.15, 0.2) is 24.3 Å². The van der Waals surface area contributed by atoms with Crippen molar-refractivity contribution in [1.82, 2.24) is 5.32 Å². The topological polar surface area (TPSA) is 21.3 Å². The average molecular weight is 242 g/mol. The monoisotopic (exact) mass is 241 g/mol. The summed E-state index contributed by atoms with van der Waals surface area (Å²) in [5.41, 5.74) is 2.75. The van der Waals surface area contributed by atoms with Crippen LogP contribution < -0.4 is 5.32 Å². The van der Waals surface area contributed by atoms with Crippen molar-refractivity contribution in [3.63, 3.8) is 0 Å². The summed E-state index contributed by atoms with van der Waals surface area (Å²) < 4.78 is 5.54. The second kappa shape index (κ2) is 6.24. The molecule has 3 heteroatoms. The van der Waals surface area contributed by atoms with E-state index in [1.165, 1.54) is 17.5 Å². The Hall–Kier alpha value is -0.570. The molecule has 1 aromatic rings. The van der Waals surface area contributed by atoms with E-state index in [-0.39, 0.29) is 12.4 Å². The molecule has 0 radical (unpaired) electrons. The third kappa shape index (κ3) is 2.97. The third-order valence-corrected chi connectivity index (χ3v) is 3.20. The highest BCUT2D eigenvalue weighted by Gasteiger charge is 2.25. The molecule has 0 spiro atoms. The molecular formula is C13H20ClNO. The number of piperidine rings is 1. The van der Waals surface area contributed by atoms with E-state index in [1.54, 1.807) is 7.11 Å². The Morgan fingerprint density at radius 1 is 1.38 bits per heavy atom. The van der Waals surface area contributed by atoms with Gasteiger partial charge in [-0.15, -0.1) is 12.4 Å². The zero-order valence-electron chi connectivity index (χ0n) is 9.90. The first kappa shape index (κ1) is 13.5. The minimum atomic E-state index is 0. The number of hydrogen-bond donors (Lipinski definition) is 1. The fourth-order valence-electron chi connectivity index (χ4n) is 2.36. The number of nitrogens with one attached hydrogen (secondary N) is 1. The van der Waals surface area contributed by atoms with Crippen molar-refractivity contribution in [2.75, 3.05) is 20.2 Å². The number of halogens is 1. The maximum atomic E-state index is 5.54. The number of benzene rings is 1. The molecule has 1 aliphatic heterocycles. The van der Waals surface area contributed by atoms with E-state index in [1.807, 2.05) is 0 Å². The summed E-state index contributed by atoms with van der Waals surface area (Å²) in [5.74, 6) is 0.552. The first-order valence-corrected chi connectivity index (χ1v) is 5.61. The molecular weight excluding hydrogens is 222 g/mol. The van der Waals surface area contributed by atoms with Gasteiger partial charge >= 0.3 is 0 Å². The van der Waals surface area contributed by atoms with Crippen LogP contribution in [0.1, 0.15) is 23.5 Å². The second-order valence-corrected chi connectivity index (χ2v) is 4.29. The normalized spacial score (nSPS) is 24.9. The zero-order valence-corrected chi connectivity index (χ0v) is 10.7. The molecule has 0 aliphatic carbocycles. The van der Waals surface area contributed by atoms with Crippen LogP contribution in [-0.4, -0.2) is 26.3 Å². The van der Waals surface area contributed by atoms with Crippen molar-refractivity contribution >= 4 is 12.4 Å². The van der Waals surface area contributed by atoms with Crippen LogP contribution in [0.2, 0.25) is 0 Å². The van der Waals surface area contributed by atoms with E-state index in [2.05, 4.69) is 36.5 Å². The predicted molar refractivity (Wildman–Crippen MR) is 69.5 cm³/mol. The molecule has 0 unspecified atom stereocenters. The Morgan fingerprint density at radius 3 is 2.88 bits per heavy atom. The lowest BCUT2D eigenvalue weighted by Crippen LogP contribution is -2.40. The third-order valence-electron chi connectivity index (χ3n) is 3.20. The highest BCUT2D eigenvalue weighted by atomic mass is 35.5. The van der Waals surface area contributed by atoms with Gasteiger partial charge in [0, 0.05) is 19.6 Å². The summed E-state index contributed by atoms with van der Waals surface area (Å²) in [6.07, 6.45) is 1.49. The lowest BCUT2D eigenvalue weighted by atomic mass is 9.87. The SMILES string of the molecule is CO[C@H]1CNCC[C@@H]1c1cccc(C)c1.Cl. The summed E-state index contributed by atoms with van der Waals surface area (Å²) in [4.78, 5) is 0. The molecule has 16 heavy (non-hydrogen) atoms. The van der Waals surface area contributed by atoms with Gasteiger partial charge in [0.25, 0.3) is 0 Å². The molecule has 2 nitrogen and oxygen atoms in total. The van der Waals surface area contributed by atoms with Crippen molar-refractivity contribution < 1.29 is 4.74 Å². The van der Waals surface area contributed by atoms with E-state index >= 15 is 0 Å². The maximum absolute atomic E-state index is 5.54. The molecule has 1 fully saturated rings. The van der Waals surface area contributed by atoms with Crippen LogP contribution in [0.25, 0.3) is 0 Å². The van der Waals surface area contributed by atoms with Crippen molar-refractivity contribution in [1.29, 1.82) is 0 Å². The van der Waals surface area contributed by atoms with E-state index < -0.39 is 0 Å². The van der Waals surface area contributed by atoms with Gasteiger partial charge in [-0.2, -0.15) is 0 Å². The largest absolute Gasteiger partial charge is 0.379 e. The van der Waals surface area contributed by atoms with Crippen LogP contribution in [0.3, 0.4) is 0 Å². The molecule has 90 valence electrons. The van der Waals surface area contributed by atoms with E-state index in [4.69, 9.17) is 4.74 Å². The molecule has 2 rings (SSSR count). The molecule has 1 saturated heterocycles. The van der Waals surface area contributed by atoms with Crippen LogP contribution in [0.5, 0.6) is 0 Å². The van der Waals surface area contributed by atoms with Crippen molar-refractivity contribution in [2.45, 2.75) is 25.4 Å². The Balaban J connectivity index is 0.00000128. The molecule has 0 amide bonds. The Labute approximate surface area is 104 Å². The fraction of sp³-hybridized carbons (Fsp3) is 0.538. The van der Waals surface area contributed by atoms with Gasteiger partial charge in [-0.1, -0.05) is 29.8 Å². The van der Waals surface area contributed by atoms with Crippen LogP contribution in [-0.2, 0) is 4.74 Å². The highest BCUT2D eigenvalue weighted by Crippen LogP contribution is 2.27. The summed E-state index contributed by atoms with van der Waals surface area (Å²) >= 11 is 0. The number of hydrogen-bond acceptors (Lipinski definition) is 2. The Bertz CT molecular complexity index is 329. The number of ether oxygens (including phenoxy) is 1. The molecule has 0 aromatic heterocycles. The van der Waals surface area contributed by atoms with Crippen molar-refractivity contribution in [3.05, 3.63) is 35.4 Å². The quantitative estimate of drug-likeness (QED) is 0.859. The molecule has 0 saturated carbocycles. The summed E-state index contributed by atoms with van der Waals surface area (Å²) in [5, 5.41) is 3.38. The molecule has 1 aromatic carbocycles. The fourth-order valence-corrected chi connectivity index (χ4v) is 2.36. The van der Waals surface area contributed by atoms with Gasteiger partial charge in [0.15, 0.2) is 0 Å². The molecule has 1 heterocycles. The summed E-state index contributed by atoms with van der Waals surface area (Å²) in [6.45, 7) is 4.21. The summed E-state index contributed by atoms with van der Waals surface area (Å²) in [6, 6.07) is 8.78. The molecule has 0 bridgehead atoms. The Kier molecular flexibility index (Phi) is 5.26. The summed E-state index contributed by atoms with van der Waals surface area (Å²) in [7, 11) is 1.81. The van der Waals surface area contributed by atoms with Gasteiger partial charge in [0.1, 0.15) is 0 Å². The van der Waals surface area contributed by atoms with Crippen LogP contribution in [0.4, 0.5) is 0 Å². The van der Waals surface area contributed by atoms with E-state index in [0.29, 0.717) is 12.0 Å². The highest BCUT2D eigenvalue weighted by molar-refractivity contribution is 5.85. The molecule has 2 atom stereocenters. The van der Waals surface area contributed by atoms with Gasteiger partial charge in [-0.3, -0.25) is 0 Å². The smallest absolute Gasteiger partial charge is 0.0764 e. The maximum Gasteiger partial charge on any atom is 0.0764 e. The predicted octanol–water partition coefficient (Wildman–Crippen LogP) is 2.51. The number of methoxy groups -OCH3 is 1. The molecule has 1 N–H and O–H groups in total. The lowest BCUT2D eigenvalue weighted by molar-refractivity contribution is 0.0625. The van der Waals surface area contributed by atoms with Gasteiger partial charge in [-0.05, 0) is 25.5 Å². The van der Waals surface area contributed by atoms with E-state index in [9.17, 15) is 0 Å². The minimum Gasteiger partial charge on any atom is -0.379 e. The van der Waals surface area contributed by atoms with Crippen LogP contribution >= 0.6 is 12.4 Å². The number of rotatable bonds is 2. The second-order valence-electron chi connectivity index (χ2n) is 4.29. The zero-order chi connectivity index (χ0) is 10.7. The van der Waals surface area contributed by atoms with Crippen molar-refractivity contribution in [2.24, 2.45) is 0 Å². The van der Waals surface area contributed by atoms with Crippen LogP contribution in [0, 0.1) is 6.92 Å². The molecule has 1 aliphatic rings. The average Bonchev–Trinajstić information content (AvgIpc) is 2.29.